The predicted molar refractivity (Wildman–Crippen MR) is 51.5 cm³/mol. The van der Waals surface area contributed by atoms with Gasteiger partial charge in [0.05, 0.1) is 10.8 Å². The minimum atomic E-state index is -9.87. The lowest BCUT2D eigenvalue weighted by molar-refractivity contribution is -0.137. The van der Waals surface area contributed by atoms with E-state index in [1.165, 1.54) is 0 Å². The number of rotatable bonds is 0. The molecule has 102 valence electrons. The smallest absolute Gasteiger partial charge is 0.166 e. The molecule has 0 atom stereocenters. The molecular weight excluding hydrogens is 292 g/mol. The summed E-state index contributed by atoms with van der Waals surface area (Å²) < 4.78 is 95.3. The van der Waals surface area contributed by atoms with Crippen molar-refractivity contribution in [2.75, 3.05) is 0 Å². The molecule has 0 unspecified atom stereocenters. The molecular formula is C9H4F8S. The van der Waals surface area contributed by atoms with E-state index in [2.05, 4.69) is 0 Å². The standard InChI is InChI=1S/C9H4F8S/c10-9(11,12)8-3-1-7(2-4-8)5-6-18(13,14,15,16)17/h1-4H. The summed E-state index contributed by atoms with van der Waals surface area (Å²) in [5, 5.41) is -0.0974. The number of benzene rings is 1. The Morgan fingerprint density at radius 1 is 0.833 bits per heavy atom. The van der Waals surface area contributed by atoms with E-state index in [4.69, 9.17) is 0 Å². The maximum absolute atomic E-state index is 12.1. The van der Waals surface area contributed by atoms with Crippen molar-refractivity contribution in [1.82, 2.24) is 0 Å². The van der Waals surface area contributed by atoms with Crippen LogP contribution in [0.2, 0.25) is 0 Å². The van der Waals surface area contributed by atoms with Crippen LogP contribution in [-0.2, 0) is 6.18 Å². The summed E-state index contributed by atoms with van der Waals surface area (Å²) in [5.41, 5.74) is -1.70. The number of hydrogen-bond donors (Lipinski definition) is 0. The van der Waals surface area contributed by atoms with Crippen LogP contribution < -0.4 is 0 Å². The molecule has 0 aliphatic heterocycles. The molecule has 1 aromatic carbocycles. The van der Waals surface area contributed by atoms with Gasteiger partial charge in [-0.3, -0.25) is 0 Å². The molecule has 0 aliphatic rings. The molecule has 0 bridgehead atoms. The Morgan fingerprint density at radius 2 is 1.28 bits per heavy atom. The third-order valence-electron chi connectivity index (χ3n) is 1.60. The zero-order valence-corrected chi connectivity index (χ0v) is 9.06. The quantitative estimate of drug-likeness (QED) is 0.449. The molecule has 0 nitrogen and oxygen atoms in total. The van der Waals surface area contributed by atoms with Gasteiger partial charge in [0.1, 0.15) is 0 Å². The highest BCUT2D eigenvalue weighted by atomic mass is 32.5. The van der Waals surface area contributed by atoms with Crippen molar-refractivity contribution in [2.24, 2.45) is 0 Å². The second-order valence-corrected chi connectivity index (χ2v) is 5.41. The molecule has 1 aromatic rings. The highest BCUT2D eigenvalue weighted by Gasteiger charge is 2.62. The predicted octanol–water partition coefficient (Wildman–Crippen LogP) is 5.31. The molecule has 1 rings (SSSR count). The molecule has 0 heterocycles. The second kappa shape index (κ2) is 3.32. The summed E-state index contributed by atoms with van der Waals surface area (Å²) >= 11 is 0. The molecule has 9 heteroatoms. The van der Waals surface area contributed by atoms with Crippen LogP contribution in [0.1, 0.15) is 11.1 Å². The van der Waals surface area contributed by atoms with Crippen molar-refractivity contribution in [3.05, 3.63) is 35.4 Å². The number of hydrogen-bond acceptors (Lipinski definition) is 0. The fourth-order valence-electron chi connectivity index (χ4n) is 0.898. The summed E-state index contributed by atoms with van der Waals surface area (Å²) in [6, 6.07) is 2.07. The normalized spacial score (nSPS) is 16.2. The van der Waals surface area contributed by atoms with E-state index in [1.807, 2.05) is 0 Å². The van der Waals surface area contributed by atoms with Crippen LogP contribution in [0.15, 0.2) is 24.3 Å². The largest absolute Gasteiger partial charge is 0.416 e. The van der Waals surface area contributed by atoms with Gasteiger partial charge < -0.3 is 0 Å². The third kappa shape index (κ3) is 5.27. The third-order valence-corrected chi connectivity index (χ3v) is 2.09. The molecule has 0 N–H and O–H groups in total. The van der Waals surface area contributed by atoms with Crippen molar-refractivity contribution in [1.29, 1.82) is 0 Å². The van der Waals surface area contributed by atoms with Crippen molar-refractivity contribution in [3.8, 4) is 11.2 Å². The molecule has 0 fully saturated rings. The summed E-state index contributed by atoms with van der Waals surface area (Å²) in [4.78, 5) is 0. The van der Waals surface area contributed by atoms with Gasteiger partial charge >= 0.3 is 16.4 Å². The van der Waals surface area contributed by atoms with Crippen LogP contribution >= 0.6 is 10.2 Å². The van der Waals surface area contributed by atoms with Gasteiger partial charge in [-0.2, -0.15) is 13.2 Å². The van der Waals surface area contributed by atoms with Crippen LogP contribution in [-0.4, -0.2) is 0 Å². The molecule has 0 aliphatic carbocycles. The molecule has 18 heavy (non-hydrogen) atoms. The van der Waals surface area contributed by atoms with Crippen molar-refractivity contribution in [3.63, 3.8) is 0 Å². The van der Waals surface area contributed by atoms with Crippen LogP contribution in [0.4, 0.5) is 32.6 Å². The van der Waals surface area contributed by atoms with Crippen LogP contribution in [0, 0.1) is 11.2 Å². The fraction of sp³-hybridized carbons (Fsp3) is 0.111. The lowest BCUT2D eigenvalue weighted by Crippen LogP contribution is -2.04. The van der Waals surface area contributed by atoms with Crippen LogP contribution in [0.25, 0.3) is 0 Å². The summed E-state index contributed by atoms with van der Waals surface area (Å²) in [7, 11) is -9.87. The topological polar surface area (TPSA) is 0 Å². The minimum absolute atomic E-state index is 0.0974. The Balaban J connectivity index is 3.08. The van der Waals surface area contributed by atoms with Crippen molar-refractivity contribution < 1.29 is 32.6 Å². The molecule has 0 radical (unpaired) electrons. The summed E-state index contributed by atoms with van der Waals surface area (Å²) in [5.74, 6) is 1.10. The van der Waals surface area contributed by atoms with Gasteiger partial charge in [-0.25, -0.2) is 0 Å². The van der Waals surface area contributed by atoms with Gasteiger partial charge in [-0.1, -0.05) is 19.4 Å². The average molecular weight is 296 g/mol. The van der Waals surface area contributed by atoms with E-state index in [-0.39, 0.29) is 5.25 Å². The van der Waals surface area contributed by atoms with Crippen molar-refractivity contribution >= 4 is 10.2 Å². The lowest BCUT2D eigenvalue weighted by atomic mass is 10.1. The Morgan fingerprint density at radius 3 is 1.61 bits per heavy atom. The van der Waals surface area contributed by atoms with E-state index in [9.17, 15) is 32.6 Å². The van der Waals surface area contributed by atoms with E-state index < -0.39 is 27.5 Å². The number of alkyl halides is 3. The maximum Gasteiger partial charge on any atom is 0.416 e. The molecule has 0 saturated heterocycles. The second-order valence-electron chi connectivity index (χ2n) is 3.27. The first-order chi connectivity index (χ1) is 7.66. The average Bonchev–Trinajstić information content (AvgIpc) is 2.11. The van der Waals surface area contributed by atoms with Crippen LogP contribution in [0.5, 0.6) is 0 Å². The van der Waals surface area contributed by atoms with E-state index >= 15 is 0 Å². The summed E-state index contributed by atoms with van der Waals surface area (Å²) in [6.45, 7) is 0. The van der Waals surface area contributed by atoms with E-state index in [0.29, 0.717) is 24.3 Å². The van der Waals surface area contributed by atoms with Crippen LogP contribution in [0.3, 0.4) is 0 Å². The molecule has 0 saturated carbocycles. The molecule has 0 amide bonds. The monoisotopic (exact) mass is 296 g/mol. The maximum atomic E-state index is 12.1. The Bertz CT molecular complexity index is 510. The van der Waals surface area contributed by atoms with Gasteiger partial charge in [0.2, 0.25) is 0 Å². The first kappa shape index (κ1) is 14.6. The highest BCUT2D eigenvalue weighted by molar-refractivity contribution is 8.49. The van der Waals surface area contributed by atoms with Crippen molar-refractivity contribution in [2.45, 2.75) is 6.18 Å². The Labute approximate surface area is 96.3 Å². The zero-order valence-electron chi connectivity index (χ0n) is 8.24. The highest BCUT2D eigenvalue weighted by Crippen LogP contribution is 2.97. The SMILES string of the molecule is FC(F)(F)c1ccc(C#CS(F)(F)(F)(F)F)cc1. The first-order valence-electron chi connectivity index (χ1n) is 4.11. The van der Waals surface area contributed by atoms with Gasteiger partial charge in [-0.05, 0) is 30.2 Å². The van der Waals surface area contributed by atoms with Gasteiger partial charge in [0.15, 0.2) is 0 Å². The van der Waals surface area contributed by atoms with E-state index in [0.717, 1.165) is 5.92 Å². The zero-order chi connectivity index (χ0) is 14.3. The van der Waals surface area contributed by atoms with Gasteiger partial charge in [0.25, 0.3) is 0 Å². The lowest BCUT2D eigenvalue weighted by Gasteiger charge is -2.33. The van der Waals surface area contributed by atoms with E-state index in [1.54, 1.807) is 0 Å². The van der Waals surface area contributed by atoms with Gasteiger partial charge in [-0.15, -0.1) is 0 Å². The number of halogens is 8. The summed E-state index contributed by atoms with van der Waals surface area (Å²) in [6.07, 6.45) is -4.66. The molecule has 0 spiro atoms. The fourth-order valence-corrected chi connectivity index (χ4v) is 1.21. The first-order valence-corrected chi connectivity index (χ1v) is 6.07. The van der Waals surface area contributed by atoms with Gasteiger partial charge in [0, 0.05) is 5.56 Å². The minimum Gasteiger partial charge on any atom is -0.166 e. The molecule has 0 aromatic heterocycles. The Hall–Kier alpha value is -1.43. The Kier molecular flexibility index (Phi) is 2.70.